The molecule has 1 unspecified atom stereocenters. The van der Waals surface area contributed by atoms with Crippen molar-refractivity contribution >= 4 is 0 Å². The summed E-state index contributed by atoms with van der Waals surface area (Å²) >= 11 is 0. The first-order valence-corrected chi connectivity index (χ1v) is 6.44. The van der Waals surface area contributed by atoms with Crippen molar-refractivity contribution in [2.45, 2.75) is 56.8 Å². The number of nitrogens with zero attached hydrogens (tertiary/aromatic N) is 1. The fourth-order valence-corrected chi connectivity index (χ4v) is 1.98. The summed E-state index contributed by atoms with van der Waals surface area (Å²) in [6, 6.07) is 0.119. The fraction of sp³-hybridized carbons (Fsp3) is 1.00. The highest BCUT2D eigenvalue weighted by molar-refractivity contribution is 4.86. The topological polar surface area (TPSA) is 49.5 Å². The van der Waals surface area contributed by atoms with E-state index in [1.165, 1.54) is 4.90 Å². The van der Waals surface area contributed by atoms with Gasteiger partial charge in [-0.3, -0.25) is 4.90 Å². The van der Waals surface area contributed by atoms with E-state index in [4.69, 9.17) is 10.8 Å². The molecule has 6 heteroatoms. The van der Waals surface area contributed by atoms with E-state index in [1.807, 2.05) is 0 Å². The number of rotatable bonds is 8. The third-order valence-electron chi connectivity index (χ3n) is 3.25. The summed E-state index contributed by atoms with van der Waals surface area (Å²) in [5.74, 6) is 0. The van der Waals surface area contributed by atoms with E-state index < -0.39 is 18.3 Å². The molecule has 3 nitrogen and oxygen atoms in total. The Balaban J connectivity index is 2.22. The first kappa shape index (κ1) is 15.7. The van der Waals surface area contributed by atoms with Crippen molar-refractivity contribution in [3.8, 4) is 0 Å². The fourth-order valence-electron chi connectivity index (χ4n) is 1.98. The molecule has 1 aliphatic carbocycles. The Bertz CT molecular complexity index is 252. The molecular formula is C12H23F3N2O. The Labute approximate surface area is 106 Å². The second-order valence-electron chi connectivity index (χ2n) is 5.59. The van der Waals surface area contributed by atoms with E-state index in [1.54, 1.807) is 6.92 Å². The van der Waals surface area contributed by atoms with Crippen molar-refractivity contribution in [3.05, 3.63) is 0 Å². The van der Waals surface area contributed by atoms with Crippen LogP contribution in [-0.4, -0.2) is 47.5 Å². The maximum Gasteiger partial charge on any atom is 0.401 e. The van der Waals surface area contributed by atoms with Gasteiger partial charge in [0.25, 0.3) is 0 Å². The van der Waals surface area contributed by atoms with Crippen LogP contribution in [0.25, 0.3) is 0 Å². The van der Waals surface area contributed by atoms with Crippen LogP contribution in [0.3, 0.4) is 0 Å². The van der Waals surface area contributed by atoms with Crippen LogP contribution >= 0.6 is 0 Å². The second kappa shape index (κ2) is 6.21. The van der Waals surface area contributed by atoms with Gasteiger partial charge in [-0.2, -0.15) is 13.2 Å². The average Bonchev–Trinajstić information content (AvgIpc) is 3.04. The van der Waals surface area contributed by atoms with Crippen LogP contribution in [0.15, 0.2) is 0 Å². The van der Waals surface area contributed by atoms with Crippen molar-refractivity contribution in [1.29, 1.82) is 0 Å². The summed E-state index contributed by atoms with van der Waals surface area (Å²) in [6.45, 7) is 1.31. The minimum Gasteiger partial charge on any atom is -0.394 e. The maximum atomic E-state index is 12.4. The molecule has 1 fully saturated rings. The summed E-state index contributed by atoms with van der Waals surface area (Å²) in [6.07, 6.45) is -0.291. The first-order chi connectivity index (χ1) is 8.23. The lowest BCUT2D eigenvalue weighted by atomic mass is 9.97. The highest BCUT2D eigenvalue weighted by atomic mass is 19.4. The van der Waals surface area contributed by atoms with Gasteiger partial charge < -0.3 is 10.8 Å². The number of hydrogen-bond acceptors (Lipinski definition) is 3. The molecule has 0 spiro atoms. The van der Waals surface area contributed by atoms with Crippen LogP contribution in [0.2, 0.25) is 0 Å². The zero-order valence-electron chi connectivity index (χ0n) is 10.8. The molecule has 18 heavy (non-hydrogen) atoms. The van der Waals surface area contributed by atoms with Gasteiger partial charge in [0, 0.05) is 11.6 Å². The molecule has 1 atom stereocenters. The van der Waals surface area contributed by atoms with Gasteiger partial charge in [-0.15, -0.1) is 0 Å². The quantitative estimate of drug-likeness (QED) is 0.661. The molecule has 0 saturated heterocycles. The third-order valence-corrected chi connectivity index (χ3v) is 3.25. The van der Waals surface area contributed by atoms with Gasteiger partial charge in [0.2, 0.25) is 0 Å². The van der Waals surface area contributed by atoms with E-state index in [-0.39, 0.29) is 12.6 Å². The summed E-state index contributed by atoms with van der Waals surface area (Å²) in [7, 11) is 0. The summed E-state index contributed by atoms with van der Waals surface area (Å²) in [4.78, 5) is 1.52. The van der Waals surface area contributed by atoms with E-state index in [0.717, 1.165) is 19.3 Å². The molecule has 0 aromatic heterocycles. The maximum absolute atomic E-state index is 12.4. The largest absolute Gasteiger partial charge is 0.401 e. The van der Waals surface area contributed by atoms with Crippen molar-refractivity contribution < 1.29 is 18.3 Å². The smallest absolute Gasteiger partial charge is 0.394 e. The van der Waals surface area contributed by atoms with E-state index in [2.05, 4.69) is 0 Å². The van der Waals surface area contributed by atoms with Gasteiger partial charge in [0.1, 0.15) is 0 Å². The van der Waals surface area contributed by atoms with E-state index >= 15 is 0 Å². The van der Waals surface area contributed by atoms with Crippen LogP contribution in [-0.2, 0) is 0 Å². The van der Waals surface area contributed by atoms with E-state index in [0.29, 0.717) is 19.4 Å². The third kappa shape index (κ3) is 6.56. The molecule has 0 amide bonds. The number of nitrogens with two attached hydrogens (primary N) is 1. The summed E-state index contributed by atoms with van der Waals surface area (Å²) in [5, 5.41) is 8.97. The number of hydrogen-bond donors (Lipinski definition) is 2. The monoisotopic (exact) mass is 268 g/mol. The summed E-state index contributed by atoms with van der Waals surface area (Å²) in [5.41, 5.74) is 5.15. The molecule has 108 valence electrons. The lowest BCUT2D eigenvalue weighted by Crippen LogP contribution is -2.40. The molecule has 0 bridgehead atoms. The first-order valence-electron chi connectivity index (χ1n) is 6.44. The molecule has 0 heterocycles. The van der Waals surface area contributed by atoms with Crippen LogP contribution in [0.5, 0.6) is 0 Å². The van der Waals surface area contributed by atoms with Gasteiger partial charge in [0.15, 0.2) is 0 Å². The minimum absolute atomic E-state index is 0.0953. The Morgan fingerprint density at radius 3 is 2.33 bits per heavy atom. The lowest BCUT2D eigenvalue weighted by molar-refractivity contribution is -0.147. The van der Waals surface area contributed by atoms with Crippen molar-refractivity contribution in [1.82, 2.24) is 4.90 Å². The predicted molar refractivity (Wildman–Crippen MR) is 64.2 cm³/mol. The van der Waals surface area contributed by atoms with Crippen molar-refractivity contribution in [3.63, 3.8) is 0 Å². The molecule has 0 radical (unpaired) electrons. The number of unbranched alkanes of at least 4 members (excludes halogenated alkanes) is 1. The number of alkyl halides is 3. The molecule has 0 aromatic rings. The van der Waals surface area contributed by atoms with Crippen molar-refractivity contribution in [2.75, 3.05) is 19.7 Å². The van der Waals surface area contributed by atoms with Gasteiger partial charge in [-0.25, -0.2) is 0 Å². The second-order valence-corrected chi connectivity index (χ2v) is 5.59. The Kier molecular flexibility index (Phi) is 5.43. The highest BCUT2D eigenvalue weighted by Gasteiger charge is 2.37. The minimum atomic E-state index is -4.12. The average molecular weight is 268 g/mol. The molecule has 1 saturated carbocycles. The Hall–Kier alpha value is -0.330. The van der Waals surface area contributed by atoms with Gasteiger partial charge >= 0.3 is 6.18 Å². The molecule has 1 rings (SSSR count). The van der Waals surface area contributed by atoms with Crippen LogP contribution in [0, 0.1) is 0 Å². The molecular weight excluding hydrogens is 245 g/mol. The van der Waals surface area contributed by atoms with Gasteiger partial charge in [-0.1, -0.05) is 6.42 Å². The molecule has 0 aromatic carbocycles. The predicted octanol–water partition coefficient (Wildman–Crippen LogP) is 1.89. The molecule has 1 aliphatic rings. The van der Waals surface area contributed by atoms with Gasteiger partial charge in [-0.05, 0) is 39.2 Å². The van der Waals surface area contributed by atoms with Crippen LogP contribution in [0.4, 0.5) is 13.2 Å². The van der Waals surface area contributed by atoms with E-state index in [9.17, 15) is 13.2 Å². The zero-order valence-corrected chi connectivity index (χ0v) is 10.8. The Morgan fingerprint density at radius 1 is 1.28 bits per heavy atom. The van der Waals surface area contributed by atoms with Crippen LogP contribution in [0.1, 0.15) is 39.0 Å². The summed E-state index contributed by atoms with van der Waals surface area (Å²) < 4.78 is 37.1. The molecule has 0 aliphatic heterocycles. The SMILES string of the molecule is CC(N)(CO)CCCCN(CC(F)(F)F)C1CC1. The number of halogens is 3. The lowest BCUT2D eigenvalue weighted by Gasteiger charge is -2.25. The standard InChI is InChI=1S/C12H23F3N2O/c1-11(16,9-18)6-2-3-7-17(10-4-5-10)8-12(13,14)15/h10,18H,2-9,16H2,1H3. The molecule has 3 N–H and O–H groups in total. The number of aliphatic hydroxyl groups excluding tert-OH is 1. The zero-order chi connectivity index (χ0) is 13.8. The normalized spacial score (nSPS) is 20.2. The number of aliphatic hydroxyl groups is 1. The Morgan fingerprint density at radius 2 is 1.89 bits per heavy atom. The van der Waals surface area contributed by atoms with Gasteiger partial charge in [0.05, 0.1) is 13.2 Å². The van der Waals surface area contributed by atoms with Crippen molar-refractivity contribution in [2.24, 2.45) is 5.73 Å². The highest BCUT2D eigenvalue weighted by Crippen LogP contribution is 2.30. The van der Waals surface area contributed by atoms with Crippen LogP contribution < -0.4 is 5.73 Å².